The van der Waals surface area contributed by atoms with Gasteiger partial charge in [0.1, 0.15) is 40.7 Å². The molecular formula is C18H15FN6O2. The van der Waals surface area contributed by atoms with E-state index in [-0.39, 0.29) is 35.2 Å². The summed E-state index contributed by atoms with van der Waals surface area (Å²) in [6.07, 6.45) is 1.93. The summed E-state index contributed by atoms with van der Waals surface area (Å²) in [4.78, 5) is 24.8. The summed E-state index contributed by atoms with van der Waals surface area (Å²) < 4.78 is 19.9. The maximum Gasteiger partial charge on any atom is 0.283 e. The first-order valence-corrected chi connectivity index (χ1v) is 8.27. The summed E-state index contributed by atoms with van der Waals surface area (Å²) in [5, 5.41) is 11.4. The van der Waals surface area contributed by atoms with Gasteiger partial charge in [-0.05, 0) is 37.6 Å². The largest absolute Gasteiger partial charge is 0.462 e. The molecule has 0 radical (unpaired) electrons. The normalized spacial score (nSPS) is 25.4. The zero-order chi connectivity index (χ0) is 19.2. The molecule has 136 valence electrons. The van der Waals surface area contributed by atoms with E-state index in [1.807, 2.05) is 6.07 Å². The fourth-order valence-electron chi connectivity index (χ4n) is 3.26. The minimum atomic E-state index is -0.954. The molecule has 1 aliphatic heterocycles. The van der Waals surface area contributed by atoms with Gasteiger partial charge in [0.2, 0.25) is 0 Å². The van der Waals surface area contributed by atoms with Crippen LogP contribution in [0.1, 0.15) is 35.1 Å². The second kappa shape index (κ2) is 6.02. The van der Waals surface area contributed by atoms with Crippen molar-refractivity contribution >= 4 is 17.7 Å². The van der Waals surface area contributed by atoms with Gasteiger partial charge in [0.25, 0.3) is 11.9 Å². The SMILES string of the molecule is C[C@]1(c2nc(NC(=O)c3ccc(C#N)cn3)ccc2F)N=C(N)O[C@@H]2CC21. The average molecular weight is 366 g/mol. The molecule has 1 amide bonds. The molecule has 8 nitrogen and oxygen atoms in total. The van der Waals surface area contributed by atoms with Crippen LogP contribution in [0, 0.1) is 23.1 Å². The Kier molecular flexibility index (Phi) is 3.77. The van der Waals surface area contributed by atoms with E-state index in [4.69, 9.17) is 15.7 Å². The fraction of sp³-hybridized carbons (Fsp3) is 0.278. The van der Waals surface area contributed by atoms with Crippen molar-refractivity contribution < 1.29 is 13.9 Å². The van der Waals surface area contributed by atoms with E-state index in [2.05, 4.69) is 20.3 Å². The van der Waals surface area contributed by atoms with Gasteiger partial charge in [0.15, 0.2) is 0 Å². The number of ether oxygens (including phenoxy) is 1. The van der Waals surface area contributed by atoms with Gasteiger partial charge in [-0.2, -0.15) is 5.26 Å². The van der Waals surface area contributed by atoms with Crippen LogP contribution in [0.3, 0.4) is 0 Å². The molecule has 27 heavy (non-hydrogen) atoms. The molecule has 3 heterocycles. The highest BCUT2D eigenvalue weighted by atomic mass is 19.1. The van der Waals surface area contributed by atoms with Gasteiger partial charge in [-0.15, -0.1) is 0 Å². The number of aromatic nitrogens is 2. The number of halogens is 1. The van der Waals surface area contributed by atoms with Gasteiger partial charge >= 0.3 is 0 Å². The van der Waals surface area contributed by atoms with Crippen LogP contribution in [-0.2, 0) is 10.3 Å². The molecule has 4 rings (SSSR count). The first-order valence-electron chi connectivity index (χ1n) is 8.27. The molecule has 9 heteroatoms. The highest BCUT2D eigenvalue weighted by Gasteiger charge is 2.58. The topological polar surface area (TPSA) is 126 Å². The molecule has 1 saturated carbocycles. The number of amidine groups is 1. The zero-order valence-electron chi connectivity index (χ0n) is 14.3. The molecule has 3 atom stereocenters. The third-order valence-corrected chi connectivity index (χ3v) is 4.76. The van der Waals surface area contributed by atoms with Crippen LogP contribution in [0.5, 0.6) is 0 Å². The van der Waals surface area contributed by atoms with Gasteiger partial charge in [-0.25, -0.2) is 19.4 Å². The maximum absolute atomic E-state index is 14.5. The van der Waals surface area contributed by atoms with E-state index >= 15 is 0 Å². The third-order valence-electron chi connectivity index (χ3n) is 4.76. The number of nitrogens with one attached hydrogen (secondary N) is 1. The molecule has 2 aliphatic rings. The van der Waals surface area contributed by atoms with Crippen molar-refractivity contribution in [2.45, 2.75) is 25.0 Å². The number of nitriles is 1. The second-order valence-corrected chi connectivity index (χ2v) is 6.62. The van der Waals surface area contributed by atoms with Crippen molar-refractivity contribution in [1.82, 2.24) is 9.97 Å². The van der Waals surface area contributed by atoms with Gasteiger partial charge in [0, 0.05) is 12.1 Å². The first kappa shape index (κ1) is 16.9. The molecular weight excluding hydrogens is 351 g/mol. The lowest BCUT2D eigenvalue weighted by Crippen LogP contribution is -2.36. The molecule has 0 bridgehead atoms. The summed E-state index contributed by atoms with van der Waals surface area (Å²) >= 11 is 0. The summed E-state index contributed by atoms with van der Waals surface area (Å²) in [5.74, 6) is -0.899. The van der Waals surface area contributed by atoms with E-state index in [9.17, 15) is 9.18 Å². The van der Waals surface area contributed by atoms with E-state index in [0.717, 1.165) is 0 Å². The molecule has 2 aromatic heterocycles. The number of nitrogens with two attached hydrogens (primary N) is 1. The van der Waals surface area contributed by atoms with Crippen LogP contribution < -0.4 is 11.1 Å². The lowest BCUT2D eigenvalue weighted by Gasteiger charge is -2.29. The Labute approximate surface area is 153 Å². The number of aliphatic imine (C=N–C) groups is 1. The molecule has 1 unspecified atom stereocenters. The Hall–Kier alpha value is -3.54. The van der Waals surface area contributed by atoms with E-state index < -0.39 is 17.3 Å². The lowest BCUT2D eigenvalue weighted by atomic mass is 9.90. The van der Waals surface area contributed by atoms with Crippen molar-refractivity contribution in [2.24, 2.45) is 16.6 Å². The predicted octanol–water partition coefficient (Wildman–Crippen LogP) is 1.69. The summed E-state index contributed by atoms with van der Waals surface area (Å²) in [7, 11) is 0. The minimum absolute atomic E-state index is 0.00803. The number of pyridine rings is 2. The lowest BCUT2D eigenvalue weighted by molar-refractivity contribution is 0.102. The molecule has 0 spiro atoms. The standard InChI is InChI=1S/C18H15FN6O2/c1-18(10-6-13(10)27-17(21)25-18)15-11(19)3-5-14(23-15)24-16(26)12-4-2-9(7-20)8-22-12/h2-5,8,10,13H,6H2,1H3,(H2,21,25)(H,23,24,26)/t10?,13-,18+/m1/s1. The number of hydrogen-bond donors (Lipinski definition) is 2. The number of rotatable bonds is 3. The minimum Gasteiger partial charge on any atom is -0.462 e. The Balaban J connectivity index is 1.62. The van der Waals surface area contributed by atoms with Gasteiger partial charge < -0.3 is 15.8 Å². The second-order valence-electron chi connectivity index (χ2n) is 6.62. The number of hydrogen-bond acceptors (Lipinski definition) is 7. The summed E-state index contributed by atoms with van der Waals surface area (Å²) in [6, 6.07) is 7.44. The van der Waals surface area contributed by atoms with Crippen molar-refractivity contribution in [1.29, 1.82) is 5.26 Å². The van der Waals surface area contributed by atoms with Gasteiger partial charge in [0.05, 0.1) is 5.56 Å². The highest BCUT2D eigenvalue weighted by molar-refractivity contribution is 6.02. The smallest absolute Gasteiger partial charge is 0.283 e. The number of carbonyl (C=O) groups excluding carboxylic acids is 1. The van der Waals surface area contributed by atoms with Crippen LogP contribution in [0.15, 0.2) is 35.5 Å². The number of anilines is 1. The van der Waals surface area contributed by atoms with Crippen LogP contribution in [-0.4, -0.2) is 28.0 Å². The number of amides is 1. The molecule has 1 fully saturated rings. The van der Waals surface area contributed by atoms with E-state index in [1.165, 1.54) is 30.5 Å². The van der Waals surface area contributed by atoms with Gasteiger partial charge in [-0.1, -0.05) is 0 Å². The van der Waals surface area contributed by atoms with Crippen LogP contribution in [0.2, 0.25) is 0 Å². The molecule has 1 aliphatic carbocycles. The monoisotopic (exact) mass is 366 g/mol. The molecule has 3 N–H and O–H groups in total. The van der Waals surface area contributed by atoms with Crippen LogP contribution in [0.25, 0.3) is 0 Å². The quantitative estimate of drug-likeness (QED) is 0.851. The molecule has 0 saturated heterocycles. The number of fused-ring (bicyclic) bond motifs is 1. The zero-order valence-corrected chi connectivity index (χ0v) is 14.3. The number of carbonyl (C=O) groups is 1. The Morgan fingerprint density at radius 1 is 1.44 bits per heavy atom. The Morgan fingerprint density at radius 3 is 2.96 bits per heavy atom. The average Bonchev–Trinajstić information content (AvgIpc) is 3.43. The van der Waals surface area contributed by atoms with Crippen LogP contribution in [0.4, 0.5) is 10.2 Å². The summed E-state index contributed by atoms with van der Waals surface area (Å²) in [5.41, 5.74) is 5.32. The van der Waals surface area contributed by atoms with Crippen molar-refractivity contribution in [3.63, 3.8) is 0 Å². The highest BCUT2D eigenvalue weighted by Crippen LogP contribution is 2.52. The third kappa shape index (κ3) is 2.95. The Bertz CT molecular complexity index is 1000. The van der Waals surface area contributed by atoms with Crippen molar-refractivity contribution in [3.8, 4) is 6.07 Å². The summed E-state index contributed by atoms with van der Waals surface area (Å²) in [6.45, 7) is 1.76. The molecule has 2 aromatic rings. The Morgan fingerprint density at radius 2 is 2.26 bits per heavy atom. The number of nitrogens with zero attached hydrogens (tertiary/aromatic N) is 4. The van der Waals surface area contributed by atoms with Crippen LogP contribution >= 0.6 is 0 Å². The van der Waals surface area contributed by atoms with Crippen molar-refractivity contribution in [3.05, 3.63) is 53.2 Å². The van der Waals surface area contributed by atoms with Gasteiger partial charge in [-0.3, -0.25) is 4.79 Å². The fourth-order valence-corrected chi connectivity index (χ4v) is 3.26. The molecule has 0 aromatic carbocycles. The van der Waals surface area contributed by atoms with Crippen molar-refractivity contribution in [2.75, 3.05) is 5.32 Å². The van der Waals surface area contributed by atoms with E-state index in [0.29, 0.717) is 12.0 Å². The first-order chi connectivity index (χ1) is 12.9. The maximum atomic E-state index is 14.5. The predicted molar refractivity (Wildman–Crippen MR) is 93.1 cm³/mol. The van der Waals surface area contributed by atoms with E-state index in [1.54, 1.807) is 6.92 Å².